The smallest absolute Gasteiger partial charge is 0.189 e. The summed E-state index contributed by atoms with van der Waals surface area (Å²) in [6, 6.07) is 18.0. The Labute approximate surface area is 138 Å². The Morgan fingerprint density at radius 2 is 1.61 bits per heavy atom. The van der Waals surface area contributed by atoms with E-state index in [-0.39, 0.29) is 5.54 Å². The van der Waals surface area contributed by atoms with Crippen molar-refractivity contribution in [2.45, 2.75) is 39.5 Å². The standard InChI is InChI=1S/C19H25N3O/c1-19(2,3)22-18(20)21-13-15-9-11-16(12-10-15)14-23-17-7-5-4-6-8-17/h4-12H,13-14H2,1-3H3,(H3,20,21,22). The van der Waals surface area contributed by atoms with Gasteiger partial charge in [-0.15, -0.1) is 0 Å². The Bertz CT molecular complexity index is 628. The first-order valence-electron chi connectivity index (χ1n) is 7.76. The number of nitrogens with two attached hydrogens (primary N) is 1. The first kappa shape index (κ1) is 16.9. The van der Waals surface area contributed by atoms with Gasteiger partial charge in [0.15, 0.2) is 5.96 Å². The lowest BCUT2D eigenvalue weighted by Gasteiger charge is -2.20. The maximum atomic E-state index is 5.87. The molecule has 0 aliphatic carbocycles. The van der Waals surface area contributed by atoms with Crippen molar-refractivity contribution in [2.75, 3.05) is 0 Å². The molecule has 0 spiro atoms. The largest absolute Gasteiger partial charge is 0.489 e. The fourth-order valence-corrected chi connectivity index (χ4v) is 2.02. The molecule has 0 heterocycles. The maximum absolute atomic E-state index is 5.87. The van der Waals surface area contributed by atoms with Gasteiger partial charge in [0.05, 0.1) is 6.54 Å². The fraction of sp³-hybridized carbons (Fsp3) is 0.316. The SMILES string of the molecule is CC(C)(C)NC(N)=NCc1ccc(COc2ccccc2)cc1. The highest BCUT2D eigenvalue weighted by molar-refractivity contribution is 5.78. The number of aliphatic imine (C=N–C) groups is 1. The second kappa shape index (κ2) is 7.68. The summed E-state index contributed by atoms with van der Waals surface area (Å²) < 4.78 is 5.73. The number of nitrogens with one attached hydrogen (secondary N) is 1. The van der Waals surface area contributed by atoms with Gasteiger partial charge in [-0.1, -0.05) is 42.5 Å². The number of nitrogens with zero attached hydrogens (tertiary/aromatic N) is 1. The van der Waals surface area contributed by atoms with E-state index in [4.69, 9.17) is 10.5 Å². The number of benzene rings is 2. The monoisotopic (exact) mass is 311 g/mol. The van der Waals surface area contributed by atoms with E-state index in [1.54, 1.807) is 0 Å². The summed E-state index contributed by atoms with van der Waals surface area (Å²) in [5, 5.41) is 3.15. The summed E-state index contributed by atoms with van der Waals surface area (Å²) in [6.45, 7) is 7.28. The van der Waals surface area contributed by atoms with Crippen LogP contribution in [0.5, 0.6) is 5.75 Å². The number of hydrogen-bond donors (Lipinski definition) is 2. The van der Waals surface area contributed by atoms with Crippen molar-refractivity contribution in [1.29, 1.82) is 0 Å². The number of guanidine groups is 1. The number of para-hydroxylation sites is 1. The molecular weight excluding hydrogens is 286 g/mol. The van der Waals surface area contributed by atoms with Crippen LogP contribution in [-0.2, 0) is 13.2 Å². The molecule has 0 aromatic heterocycles. The van der Waals surface area contributed by atoms with Crippen molar-refractivity contribution in [3.05, 3.63) is 65.7 Å². The predicted octanol–water partition coefficient (Wildman–Crippen LogP) is 3.47. The number of rotatable bonds is 5. The number of hydrogen-bond acceptors (Lipinski definition) is 2. The van der Waals surface area contributed by atoms with E-state index in [1.807, 2.05) is 30.3 Å². The highest BCUT2D eigenvalue weighted by Gasteiger charge is 2.09. The van der Waals surface area contributed by atoms with Crippen molar-refractivity contribution >= 4 is 5.96 Å². The van der Waals surface area contributed by atoms with Crippen molar-refractivity contribution in [3.63, 3.8) is 0 Å². The highest BCUT2D eigenvalue weighted by Crippen LogP contribution is 2.12. The maximum Gasteiger partial charge on any atom is 0.189 e. The minimum Gasteiger partial charge on any atom is -0.489 e. The Balaban J connectivity index is 1.86. The van der Waals surface area contributed by atoms with Gasteiger partial charge in [-0.2, -0.15) is 0 Å². The highest BCUT2D eigenvalue weighted by atomic mass is 16.5. The van der Waals surface area contributed by atoms with Gasteiger partial charge in [-0.25, -0.2) is 4.99 Å². The Morgan fingerprint density at radius 3 is 2.22 bits per heavy atom. The quantitative estimate of drug-likeness (QED) is 0.656. The minimum absolute atomic E-state index is 0.0772. The average Bonchev–Trinajstić information content (AvgIpc) is 2.51. The fourth-order valence-electron chi connectivity index (χ4n) is 2.02. The van der Waals surface area contributed by atoms with Gasteiger partial charge in [0, 0.05) is 5.54 Å². The topological polar surface area (TPSA) is 59.6 Å². The van der Waals surface area contributed by atoms with Gasteiger partial charge in [0.1, 0.15) is 12.4 Å². The molecule has 0 bridgehead atoms. The van der Waals surface area contributed by atoms with E-state index in [1.165, 1.54) is 0 Å². The Hall–Kier alpha value is -2.49. The zero-order valence-corrected chi connectivity index (χ0v) is 14.0. The van der Waals surface area contributed by atoms with Crippen LogP contribution < -0.4 is 15.8 Å². The Morgan fingerprint density at radius 1 is 1.00 bits per heavy atom. The molecule has 2 aromatic carbocycles. The molecule has 0 fully saturated rings. The summed E-state index contributed by atoms with van der Waals surface area (Å²) in [4.78, 5) is 4.36. The molecule has 0 atom stereocenters. The van der Waals surface area contributed by atoms with Gasteiger partial charge >= 0.3 is 0 Å². The molecule has 0 unspecified atom stereocenters. The molecule has 0 saturated carbocycles. The normalized spacial score (nSPS) is 12.0. The van der Waals surface area contributed by atoms with E-state index >= 15 is 0 Å². The lowest BCUT2D eigenvalue weighted by atomic mass is 10.1. The van der Waals surface area contributed by atoms with E-state index in [0.717, 1.165) is 16.9 Å². The van der Waals surface area contributed by atoms with Crippen LogP contribution in [0.2, 0.25) is 0 Å². The van der Waals surface area contributed by atoms with Gasteiger partial charge < -0.3 is 15.8 Å². The molecular formula is C19H25N3O. The van der Waals surface area contributed by atoms with Crippen LogP contribution >= 0.6 is 0 Å². The third-order valence-corrected chi connectivity index (χ3v) is 3.11. The van der Waals surface area contributed by atoms with Crippen LogP contribution in [0.1, 0.15) is 31.9 Å². The van der Waals surface area contributed by atoms with Crippen molar-refractivity contribution in [3.8, 4) is 5.75 Å². The van der Waals surface area contributed by atoms with Crippen LogP contribution in [-0.4, -0.2) is 11.5 Å². The van der Waals surface area contributed by atoms with Crippen LogP contribution in [0, 0.1) is 0 Å². The summed E-state index contributed by atoms with van der Waals surface area (Å²) >= 11 is 0. The summed E-state index contributed by atoms with van der Waals surface area (Å²) in [5.74, 6) is 1.34. The summed E-state index contributed by atoms with van der Waals surface area (Å²) in [6.07, 6.45) is 0. The van der Waals surface area contributed by atoms with Crippen molar-refractivity contribution in [2.24, 2.45) is 10.7 Å². The summed E-state index contributed by atoms with van der Waals surface area (Å²) in [5.41, 5.74) is 8.04. The van der Waals surface area contributed by atoms with Gasteiger partial charge in [-0.05, 0) is 44.0 Å². The lowest BCUT2D eigenvalue weighted by molar-refractivity contribution is 0.306. The molecule has 3 N–H and O–H groups in total. The van der Waals surface area contributed by atoms with Crippen LogP contribution in [0.4, 0.5) is 0 Å². The molecule has 4 nitrogen and oxygen atoms in total. The number of ether oxygens (including phenoxy) is 1. The Kier molecular flexibility index (Phi) is 5.63. The van der Waals surface area contributed by atoms with Crippen LogP contribution in [0.3, 0.4) is 0 Å². The van der Waals surface area contributed by atoms with Crippen molar-refractivity contribution in [1.82, 2.24) is 5.32 Å². The molecule has 0 aliphatic heterocycles. The molecule has 2 aromatic rings. The molecule has 0 saturated heterocycles. The van der Waals surface area contributed by atoms with Crippen LogP contribution in [0.15, 0.2) is 59.6 Å². The zero-order chi connectivity index (χ0) is 16.7. The van der Waals surface area contributed by atoms with E-state index < -0.39 is 0 Å². The van der Waals surface area contributed by atoms with Crippen LogP contribution in [0.25, 0.3) is 0 Å². The molecule has 0 aliphatic rings. The second-order valence-electron chi connectivity index (χ2n) is 6.49. The average molecular weight is 311 g/mol. The van der Waals surface area contributed by atoms with Crippen molar-refractivity contribution < 1.29 is 4.74 Å². The van der Waals surface area contributed by atoms with Gasteiger partial charge in [-0.3, -0.25) is 0 Å². The van der Waals surface area contributed by atoms with Gasteiger partial charge in [0.25, 0.3) is 0 Å². The second-order valence-corrected chi connectivity index (χ2v) is 6.49. The van der Waals surface area contributed by atoms with E-state index in [0.29, 0.717) is 19.1 Å². The molecule has 0 amide bonds. The molecule has 2 rings (SSSR count). The summed E-state index contributed by atoms with van der Waals surface area (Å²) in [7, 11) is 0. The third-order valence-electron chi connectivity index (χ3n) is 3.11. The molecule has 0 radical (unpaired) electrons. The first-order valence-corrected chi connectivity index (χ1v) is 7.76. The predicted molar refractivity (Wildman–Crippen MR) is 95.4 cm³/mol. The first-order chi connectivity index (χ1) is 10.9. The van der Waals surface area contributed by atoms with Gasteiger partial charge in [0.2, 0.25) is 0 Å². The van der Waals surface area contributed by atoms with E-state index in [2.05, 4.69) is 55.3 Å². The zero-order valence-electron chi connectivity index (χ0n) is 14.0. The molecule has 4 heteroatoms. The minimum atomic E-state index is -0.0772. The third kappa shape index (κ3) is 6.43. The lowest BCUT2D eigenvalue weighted by Crippen LogP contribution is -2.44. The molecule has 23 heavy (non-hydrogen) atoms. The molecule has 122 valence electrons. The van der Waals surface area contributed by atoms with E-state index in [9.17, 15) is 0 Å².